The molecular weight excluding hydrogens is 300 g/mol. The molecule has 0 spiro atoms. The van der Waals surface area contributed by atoms with E-state index in [1.165, 1.54) is 12.0 Å². The third-order valence-corrected chi connectivity index (χ3v) is 4.94. The van der Waals surface area contributed by atoms with Crippen LogP contribution in [-0.4, -0.2) is 30.1 Å². The second kappa shape index (κ2) is 6.87. The molecule has 3 unspecified atom stereocenters. The molecule has 1 aliphatic rings. The molecule has 0 bridgehead atoms. The lowest BCUT2D eigenvalue weighted by Crippen LogP contribution is -2.50. The molecular formula is C16H25BrN2. The molecule has 3 heteroatoms. The molecule has 0 aromatic heterocycles. The molecule has 1 heterocycles. The van der Waals surface area contributed by atoms with Gasteiger partial charge in [-0.05, 0) is 49.9 Å². The van der Waals surface area contributed by atoms with Gasteiger partial charge in [-0.15, -0.1) is 0 Å². The van der Waals surface area contributed by atoms with Gasteiger partial charge in [-0.3, -0.25) is 4.90 Å². The molecule has 2 nitrogen and oxygen atoms in total. The molecule has 106 valence electrons. The summed E-state index contributed by atoms with van der Waals surface area (Å²) in [4.78, 5) is 2.61. The van der Waals surface area contributed by atoms with Crippen molar-refractivity contribution in [3.8, 4) is 0 Å². The van der Waals surface area contributed by atoms with Crippen molar-refractivity contribution in [1.29, 1.82) is 0 Å². The van der Waals surface area contributed by atoms with Crippen molar-refractivity contribution in [3.63, 3.8) is 0 Å². The zero-order valence-corrected chi connectivity index (χ0v) is 13.6. The van der Waals surface area contributed by atoms with E-state index in [9.17, 15) is 0 Å². The number of piperidine rings is 1. The monoisotopic (exact) mass is 324 g/mol. The molecule has 2 N–H and O–H groups in total. The average molecular weight is 325 g/mol. The van der Waals surface area contributed by atoms with Gasteiger partial charge in [0.1, 0.15) is 0 Å². The van der Waals surface area contributed by atoms with Crippen molar-refractivity contribution in [2.75, 3.05) is 13.1 Å². The number of nitrogens with zero attached hydrogens (tertiary/aromatic N) is 1. The fourth-order valence-electron chi connectivity index (χ4n) is 3.00. The van der Waals surface area contributed by atoms with Crippen molar-refractivity contribution >= 4 is 15.9 Å². The lowest BCUT2D eigenvalue weighted by atomic mass is 9.89. The number of nitrogens with two attached hydrogens (primary N) is 1. The Bertz CT molecular complexity index is 390. The minimum atomic E-state index is 0.404. The van der Waals surface area contributed by atoms with Gasteiger partial charge >= 0.3 is 0 Å². The number of rotatable bonds is 4. The maximum absolute atomic E-state index is 6.19. The van der Waals surface area contributed by atoms with Crippen molar-refractivity contribution in [1.82, 2.24) is 4.90 Å². The summed E-state index contributed by atoms with van der Waals surface area (Å²) in [5.74, 6) is 0.668. The Morgan fingerprint density at radius 1 is 1.37 bits per heavy atom. The van der Waals surface area contributed by atoms with Gasteiger partial charge < -0.3 is 5.73 Å². The summed E-state index contributed by atoms with van der Waals surface area (Å²) in [6, 6.07) is 9.69. The highest BCUT2D eigenvalue weighted by Gasteiger charge is 2.27. The SMILES string of the molecule is CCC1CN(C(C)Cc2ccc(Br)cc2)CCC1N. The van der Waals surface area contributed by atoms with Gasteiger partial charge in [0.25, 0.3) is 0 Å². The van der Waals surface area contributed by atoms with Crippen LogP contribution in [0.4, 0.5) is 0 Å². The van der Waals surface area contributed by atoms with E-state index in [-0.39, 0.29) is 0 Å². The van der Waals surface area contributed by atoms with E-state index in [2.05, 4.69) is 58.9 Å². The van der Waals surface area contributed by atoms with E-state index >= 15 is 0 Å². The van der Waals surface area contributed by atoms with Crippen LogP contribution in [0.15, 0.2) is 28.7 Å². The number of hydrogen-bond acceptors (Lipinski definition) is 2. The zero-order chi connectivity index (χ0) is 13.8. The second-order valence-corrected chi connectivity index (χ2v) is 6.71. The number of halogens is 1. The van der Waals surface area contributed by atoms with E-state index in [1.807, 2.05) is 0 Å². The first-order chi connectivity index (χ1) is 9.10. The summed E-state index contributed by atoms with van der Waals surface area (Å²) in [5.41, 5.74) is 7.60. The summed E-state index contributed by atoms with van der Waals surface area (Å²) in [5, 5.41) is 0. The highest BCUT2D eigenvalue weighted by atomic mass is 79.9. The van der Waals surface area contributed by atoms with Crippen molar-refractivity contribution in [2.45, 2.75) is 45.2 Å². The van der Waals surface area contributed by atoms with Crippen LogP contribution >= 0.6 is 15.9 Å². The lowest BCUT2D eigenvalue weighted by Gasteiger charge is -2.40. The minimum absolute atomic E-state index is 0.404. The van der Waals surface area contributed by atoms with Crippen molar-refractivity contribution < 1.29 is 0 Å². The fraction of sp³-hybridized carbons (Fsp3) is 0.625. The topological polar surface area (TPSA) is 29.3 Å². The van der Waals surface area contributed by atoms with Crippen LogP contribution < -0.4 is 5.73 Å². The molecule has 19 heavy (non-hydrogen) atoms. The fourth-order valence-corrected chi connectivity index (χ4v) is 3.27. The quantitative estimate of drug-likeness (QED) is 0.919. The molecule has 0 saturated carbocycles. The molecule has 0 amide bonds. The third-order valence-electron chi connectivity index (χ3n) is 4.42. The van der Waals surface area contributed by atoms with Crippen LogP contribution in [0.3, 0.4) is 0 Å². The van der Waals surface area contributed by atoms with Gasteiger partial charge in [0, 0.05) is 23.1 Å². The Morgan fingerprint density at radius 2 is 2.05 bits per heavy atom. The van der Waals surface area contributed by atoms with E-state index in [0.717, 1.165) is 30.4 Å². The maximum Gasteiger partial charge on any atom is 0.0175 e. The first-order valence-electron chi connectivity index (χ1n) is 7.34. The van der Waals surface area contributed by atoms with E-state index in [0.29, 0.717) is 18.0 Å². The van der Waals surface area contributed by atoms with Gasteiger partial charge in [-0.25, -0.2) is 0 Å². The number of likely N-dealkylation sites (tertiary alicyclic amines) is 1. The van der Waals surface area contributed by atoms with Gasteiger partial charge in [0.15, 0.2) is 0 Å². The smallest absolute Gasteiger partial charge is 0.0175 e. The predicted octanol–water partition coefficient (Wildman–Crippen LogP) is 3.44. The van der Waals surface area contributed by atoms with Crippen LogP contribution in [0.2, 0.25) is 0 Å². The highest BCUT2D eigenvalue weighted by Crippen LogP contribution is 2.22. The average Bonchev–Trinajstić information content (AvgIpc) is 2.42. The number of hydrogen-bond donors (Lipinski definition) is 1. The minimum Gasteiger partial charge on any atom is -0.327 e. The Kier molecular flexibility index (Phi) is 5.43. The van der Waals surface area contributed by atoms with Crippen LogP contribution in [0.1, 0.15) is 32.3 Å². The maximum atomic E-state index is 6.19. The van der Waals surface area contributed by atoms with Gasteiger partial charge in [0.05, 0.1) is 0 Å². The Hall–Kier alpha value is -0.380. The van der Waals surface area contributed by atoms with Gasteiger partial charge in [-0.2, -0.15) is 0 Å². The largest absolute Gasteiger partial charge is 0.327 e. The Morgan fingerprint density at radius 3 is 2.68 bits per heavy atom. The molecule has 2 rings (SSSR count). The van der Waals surface area contributed by atoms with Crippen LogP contribution in [0, 0.1) is 5.92 Å². The van der Waals surface area contributed by atoms with Crippen LogP contribution in [0.5, 0.6) is 0 Å². The van der Waals surface area contributed by atoms with E-state index in [4.69, 9.17) is 5.73 Å². The molecule has 1 aromatic rings. The molecule has 3 atom stereocenters. The normalized spacial score (nSPS) is 26.3. The standard InChI is InChI=1S/C16H25BrN2/c1-3-14-11-19(9-8-16(14)18)12(2)10-13-4-6-15(17)7-5-13/h4-7,12,14,16H,3,8-11,18H2,1-2H3. The Balaban J connectivity index is 1.92. The number of benzene rings is 1. The first-order valence-corrected chi connectivity index (χ1v) is 8.13. The van der Waals surface area contributed by atoms with Crippen molar-refractivity contribution in [2.24, 2.45) is 11.7 Å². The summed E-state index contributed by atoms with van der Waals surface area (Å²) in [6.07, 6.45) is 3.46. The van der Waals surface area contributed by atoms with Crippen LogP contribution in [-0.2, 0) is 6.42 Å². The molecule has 1 fully saturated rings. The summed E-state index contributed by atoms with van der Waals surface area (Å²) < 4.78 is 1.15. The molecule has 1 saturated heterocycles. The molecule has 0 radical (unpaired) electrons. The van der Waals surface area contributed by atoms with E-state index < -0.39 is 0 Å². The molecule has 0 aliphatic carbocycles. The lowest BCUT2D eigenvalue weighted by molar-refractivity contribution is 0.114. The Labute approximate surface area is 125 Å². The zero-order valence-electron chi connectivity index (χ0n) is 12.0. The van der Waals surface area contributed by atoms with Crippen molar-refractivity contribution in [3.05, 3.63) is 34.3 Å². The van der Waals surface area contributed by atoms with Gasteiger partial charge in [-0.1, -0.05) is 41.4 Å². The predicted molar refractivity (Wildman–Crippen MR) is 85.3 cm³/mol. The molecule has 1 aliphatic heterocycles. The first kappa shape index (κ1) is 15.0. The highest BCUT2D eigenvalue weighted by molar-refractivity contribution is 9.10. The summed E-state index contributed by atoms with van der Waals surface area (Å²) >= 11 is 3.49. The summed E-state index contributed by atoms with van der Waals surface area (Å²) in [6.45, 7) is 6.91. The van der Waals surface area contributed by atoms with Crippen LogP contribution in [0.25, 0.3) is 0 Å². The third kappa shape index (κ3) is 4.04. The van der Waals surface area contributed by atoms with E-state index in [1.54, 1.807) is 0 Å². The molecule has 1 aromatic carbocycles. The summed E-state index contributed by atoms with van der Waals surface area (Å²) in [7, 11) is 0. The van der Waals surface area contributed by atoms with Gasteiger partial charge in [0.2, 0.25) is 0 Å². The second-order valence-electron chi connectivity index (χ2n) is 5.80.